The highest BCUT2D eigenvalue weighted by atomic mass is 16.5. The third-order valence-corrected chi connectivity index (χ3v) is 3.10. The number of hydrogen-bond acceptors (Lipinski definition) is 3. The van der Waals surface area contributed by atoms with E-state index in [9.17, 15) is 4.79 Å². The van der Waals surface area contributed by atoms with Crippen molar-refractivity contribution in [3.63, 3.8) is 0 Å². The van der Waals surface area contributed by atoms with Crippen molar-refractivity contribution in [2.75, 3.05) is 0 Å². The highest BCUT2D eigenvalue weighted by Gasteiger charge is 2.14. The number of aromatic carboxylic acids is 1. The molecule has 110 valence electrons. The average molecular weight is 285 g/mol. The Morgan fingerprint density at radius 3 is 2.52 bits per heavy atom. The van der Waals surface area contributed by atoms with Crippen LogP contribution in [0.2, 0.25) is 0 Å². The van der Waals surface area contributed by atoms with Gasteiger partial charge in [-0.25, -0.2) is 9.78 Å². The quantitative estimate of drug-likeness (QED) is 0.919. The predicted octanol–water partition coefficient (Wildman–Crippen LogP) is 4.18. The fraction of sp³-hybridized carbons (Fsp3) is 0.294. The van der Waals surface area contributed by atoms with Crippen LogP contribution >= 0.6 is 0 Å². The second-order valence-electron chi connectivity index (χ2n) is 6.02. The number of nitrogens with zero attached hydrogens (tertiary/aromatic N) is 1. The van der Waals surface area contributed by atoms with Crippen LogP contribution in [0.4, 0.5) is 0 Å². The van der Waals surface area contributed by atoms with Crippen molar-refractivity contribution in [2.45, 2.75) is 33.1 Å². The Labute approximate surface area is 124 Å². The largest absolute Gasteiger partial charge is 0.478 e. The van der Waals surface area contributed by atoms with Crippen LogP contribution in [0.15, 0.2) is 36.4 Å². The first kappa shape index (κ1) is 15.0. The van der Waals surface area contributed by atoms with E-state index in [1.807, 2.05) is 24.3 Å². The van der Waals surface area contributed by atoms with Crippen molar-refractivity contribution in [1.29, 1.82) is 0 Å². The summed E-state index contributed by atoms with van der Waals surface area (Å²) in [5.74, 6) is -0.0517. The molecule has 0 aliphatic rings. The number of carbonyl (C=O) groups is 1. The van der Waals surface area contributed by atoms with E-state index in [-0.39, 0.29) is 11.0 Å². The molecule has 0 radical (unpaired) electrons. The molecule has 2 aromatic rings. The molecule has 0 amide bonds. The number of carboxylic acid groups (broad SMARTS) is 1. The van der Waals surface area contributed by atoms with Crippen LogP contribution in [0.1, 0.15) is 42.4 Å². The molecule has 0 atom stereocenters. The van der Waals surface area contributed by atoms with Gasteiger partial charge in [0.25, 0.3) is 0 Å². The molecule has 21 heavy (non-hydrogen) atoms. The second kappa shape index (κ2) is 5.56. The lowest BCUT2D eigenvalue weighted by atomic mass is 9.87. The number of aryl methyl sites for hydroxylation is 1. The number of hydrogen-bond donors (Lipinski definition) is 1. The van der Waals surface area contributed by atoms with Crippen molar-refractivity contribution in [1.82, 2.24) is 4.98 Å². The molecule has 1 heterocycles. The molecule has 0 spiro atoms. The molecule has 4 heteroatoms. The Bertz CT molecular complexity index is 672. The van der Waals surface area contributed by atoms with Crippen molar-refractivity contribution < 1.29 is 14.6 Å². The van der Waals surface area contributed by atoms with Gasteiger partial charge in [0.05, 0.1) is 5.56 Å². The van der Waals surface area contributed by atoms with Crippen molar-refractivity contribution >= 4 is 5.97 Å². The van der Waals surface area contributed by atoms with Crippen LogP contribution in [0, 0.1) is 6.92 Å². The summed E-state index contributed by atoms with van der Waals surface area (Å²) >= 11 is 0. The van der Waals surface area contributed by atoms with Gasteiger partial charge in [-0.1, -0.05) is 32.9 Å². The zero-order valence-electron chi connectivity index (χ0n) is 12.7. The van der Waals surface area contributed by atoms with Crippen molar-refractivity contribution in [3.05, 3.63) is 53.2 Å². The van der Waals surface area contributed by atoms with Crippen molar-refractivity contribution in [3.8, 4) is 11.6 Å². The smallest absolute Gasteiger partial charge is 0.335 e. The lowest BCUT2D eigenvalue weighted by Gasteiger charge is -2.19. The maximum atomic E-state index is 11.1. The van der Waals surface area contributed by atoms with E-state index >= 15 is 0 Å². The van der Waals surface area contributed by atoms with E-state index in [1.54, 1.807) is 6.92 Å². The first-order valence-corrected chi connectivity index (χ1v) is 6.76. The van der Waals surface area contributed by atoms with Gasteiger partial charge in [0.1, 0.15) is 5.75 Å². The standard InChI is InChI=1S/C17H19NO3/c1-11-8-12(16(19)20)9-15(18-11)21-14-7-5-6-13(10-14)17(2,3)4/h5-10H,1-4H3,(H,19,20). The first-order chi connectivity index (χ1) is 9.75. The molecule has 1 aromatic heterocycles. The predicted molar refractivity (Wildman–Crippen MR) is 81.1 cm³/mol. The second-order valence-corrected chi connectivity index (χ2v) is 6.02. The normalized spacial score (nSPS) is 11.2. The molecule has 0 unspecified atom stereocenters. The summed E-state index contributed by atoms with van der Waals surface area (Å²) < 4.78 is 5.71. The maximum absolute atomic E-state index is 11.1. The molecule has 1 N–H and O–H groups in total. The van der Waals surface area contributed by atoms with Gasteiger partial charge in [-0.2, -0.15) is 0 Å². The van der Waals surface area contributed by atoms with Crippen LogP contribution < -0.4 is 4.74 Å². The van der Waals surface area contributed by atoms with E-state index in [2.05, 4.69) is 25.8 Å². The number of ether oxygens (including phenoxy) is 1. The van der Waals surface area contributed by atoms with E-state index in [0.717, 1.165) is 5.56 Å². The molecule has 0 saturated carbocycles. The molecule has 2 rings (SSSR count). The zero-order chi connectivity index (χ0) is 15.6. The molecule has 4 nitrogen and oxygen atoms in total. The van der Waals surface area contributed by atoms with Crippen LogP contribution in [0.25, 0.3) is 0 Å². The summed E-state index contributed by atoms with van der Waals surface area (Å²) in [5, 5.41) is 9.07. The molecule has 0 bridgehead atoms. The zero-order valence-corrected chi connectivity index (χ0v) is 12.7. The minimum absolute atomic E-state index is 0.0195. The fourth-order valence-corrected chi connectivity index (χ4v) is 1.96. The third-order valence-electron chi connectivity index (χ3n) is 3.10. The monoisotopic (exact) mass is 285 g/mol. The minimum atomic E-state index is -0.992. The van der Waals surface area contributed by atoms with E-state index < -0.39 is 5.97 Å². The van der Waals surface area contributed by atoms with Gasteiger partial charge in [0, 0.05) is 11.8 Å². The number of carboxylic acids is 1. The number of benzene rings is 1. The molecular formula is C17H19NO3. The minimum Gasteiger partial charge on any atom is -0.478 e. The lowest BCUT2D eigenvalue weighted by Crippen LogP contribution is -2.10. The Morgan fingerprint density at radius 2 is 1.90 bits per heavy atom. The third kappa shape index (κ3) is 3.81. The van der Waals surface area contributed by atoms with Crippen molar-refractivity contribution in [2.24, 2.45) is 0 Å². The topological polar surface area (TPSA) is 59.4 Å². The maximum Gasteiger partial charge on any atom is 0.335 e. The van der Waals surface area contributed by atoms with Gasteiger partial charge in [-0.05, 0) is 36.1 Å². The summed E-state index contributed by atoms with van der Waals surface area (Å²) in [6.07, 6.45) is 0. The van der Waals surface area contributed by atoms with Gasteiger partial charge in [0.15, 0.2) is 0 Å². The molecule has 0 aliphatic heterocycles. The molecule has 0 fully saturated rings. The number of aromatic nitrogens is 1. The summed E-state index contributed by atoms with van der Waals surface area (Å²) in [7, 11) is 0. The van der Waals surface area contributed by atoms with Gasteiger partial charge < -0.3 is 9.84 Å². The van der Waals surface area contributed by atoms with E-state index in [4.69, 9.17) is 9.84 Å². The highest BCUT2D eigenvalue weighted by molar-refractivity contribution is 5.88. The summed E-state index contributed by atoms with van der Waals surface area (Å²) in [4.78, 5) is 15.3. The van der Waals surface area contributed by atoms with Crippen LogP contribution in [-0.4, -0.2) is 16.1 Å². The summed E-state index contributed by atoms with van der Waals surface area (Å²) in [6, 6.07) is 10.7. The lowest BCUT2D eigenvalue weighted by molar-refractivity contribution is 0.0696. The van der Waals surface area contributed by atoms with Gasteiger partial charge in [0.2, 0.25) is 5.88 Å². The Morgan fingerprint density at radius 1 is 1.19 bits per heavy atom. The Hall–Kier alpha value is -2.36. The Kier molecular flexibility index (Phi) is 3.98. The average Bonchev–Trinajstić information content (AvgIpc) is 2.37. The summed E-state index contributed by atoms with van der Waals surface area (Å²) in [6.45, 7) is 8.11. The Balaban J connectivity index is 2.32. The van der Waals surface area contributed by atoms with Gasteiger partial charge >= 0.3 is 5.97 Å². The van der Waals surface area contributed by atoms with Crippen LogP contribution in [0.3, 0.4) is 0 Å². The van der Waals surface area contributed by atoms with Crippen LogP contribution in [-0.2, 0) is 5.41 Å². The first-order valence-electron chi connectivity index (χ1n) is 6.76. The SMILES string of the molecule is Cc1cc(C(=O)O)cc(Oc2cccc(C(C)(C)C)c2)n1. The van der Waals surface area contributed by atoms with E-state index in [0.29, 0.717) is 17.3 Å². The number of pyridine rings is 1. The van der Waals surface area contributed by atoms with E-state index in [1.165, 1.54) is 12.1 Å². The fourth-order valence-electron chi connectivity index (χ4n) is 1.96. The van der Waals surface area contributed by atoms with Crippen LogP contribution in [0.5, 0.6) is 11.6 Å². The summed E-state index contributed by atoms with van der Waals surface area (Å²) in [5.41, 5.74) is 1.94. The molecule has 0 aliphatic carbocycles. The highest BCUT2D eigenvalue weighted by Crippen LogP contribution is 2.28. The number of rotatable bonds is 3. The molecule has 0 saturated heterocycles. The van der Waals surface area contributed by atoms with Gasteiger partial charge in [-0.3, -0.25) is 0 Å². The van der Waals surface area contributed by atoms with Gasteiger partial charge in [-0.15, -0.1) is 0 Å². The molecule has 1 aromatic carbocycles. The molecular weight excluding hydrogens is 266 g/mol.